The third-order valence-corrected chi connectivity index (χ3v) is 3.45. The number of benzene rings is 1. The van der Waals surface area contributed by atoms with E-state index in [0.717, 1.165) is 5.56 Å². The molecule has 1 aromatic rings. The molecule has 18 heavy (non-hydrogen) atoms. The first-order chi connectivity index (χ1) is 8.41. The van der Waals surface area contributed by atoms with E-state index < -0.39 is 5.54 Å². The van der Waals surface area contributed by atoms with E-state index in [1.54, 1.807) is 13.0 Å². The van der Waals surface area contributed by atoms with Gasteiger partial charge >= 0.3 is 0 Å². The first kappa shape index (κ1) is 14.2. The second-order valence-corrected chi connectivity index (χ2v) is 4.84. The second kappa shape index (κ2) is 5.65. The summed E-state index contributed by atoms with van der Waals surface area (Å²) in [4.78, 5) is 11.5. The summed E-state index contributed by atoms with van der Waals surface area (Å²) in [7, 11) is 0. The summed E-state index contributed by atoms with van der Waals surface area (Å²) in [5.74, 6) is -0.309. The SMILES string of the molecule is CC(C)C(C)(NCc1ccccc1C#N)C(N)=O. The van der Waals surface area contributed by atoms with Crippen LogP contribution in [0.2, 0.25) is 0 Å². The maximum absolute atomic E-state index is 11.5. The number of nitrogens with zero attached hydrogens (tertiary/aromatic N) is 1. The number of carbonyl (C=O) groups is 1. The molecule has 1 aromatic carbocycles. The van der Waals surface area contributed by atoms with Crippen molar-refractivity contribution in [3.8, 4) is 6.07 Å². The van der Waals surface area contributed by atoms with Gasteiger partial charge in [0.15, 0.2) is 0 Å². The Labute approximate surface area is 108 Å². The highest BCUT2D eigenvalue weighted by Gasteiger charge is 2.34. The van der Waals surface area contributed by atoms with Gasteiger partial charge in [-0.15, -0.1) is 0 Å². The Kier molecular flexibility index (Phi) is 4.46. The molecule has 1 amide bonds. The Balaban J connectivity index is 2.87. The lowest BCUT2D eigenvalue weighted by molar-refractivity contribution is -0.125. The summed E-state index contributed by atoms with van der Waals surface area (Å²) >= 11 is 0. The number of hydrogen-bond acceptors (Lipinski definition) is 3. The largest absolute Gasteiger partial charge is 0.368 e. The molecule has 1 rings (SSSR count). The van der Waals surface area contributed by atoms with Gasteiger partial charge in [0, 0.05) is 6.54 Å². The first-order valence-electron chi connectivity index (χ1n) is 5.94. The predicted molar refractivity (Wildman–Crippen MR) is 70.4 cm³/mol. The van der Waals surface area contributed by atoms with Crippen LogP contribution in [0.25, 0.3) is 0 Å². The molecule has 96 valence electrons. The molecular formula is C14H19N3O. The zero-order valence-electron chi connectivity index (χ0n) is 11.0. The van der Waals surface area contributed by atoms with Gasteiger partial charge in [0.2, 0.25) is 5.91 Å². The van der Waals surface area contributed by atoms with E-state index in [1.165, 1.54) is 0 Å². The van der Waals surface area contributed by atoms with Crippen LogP contribution in [0, 0.1) is 17.2 Å². The zero-order chi connectivity index (χ0) is 13.8. The molecule has 0 aliphatic rings. The lowest BCUT2D eigenvalue weighted by Gasteiger charge is -2.31. The number of carbonyl (C=O) groups excluding carboxylic acids is 1. The van der Waals surface area contributed by atoms with Gasteiger partial charge in [0.1, 0.15) is 0 Å². The molecule has 4 heteroatoms. The third-order valence-electron chi connectivity index (χ3n) is 3.45. The fourth-order valence-corrected chi connectivity index (χ4v) is 1.64. The van der Waals surface area contributed by atoms with Gasteiger partial charge in [0.25, 0.3) is 0 Å². The number of amides is 1. The minimum absolute atomic E-state index is 0.0734. The van der Waals surface area contributed by atoms with Gasteiger partial charge in [-0.25, -0.2) is 0 Å². The summed E-state index contributed by atoms with van der Waals surface area (Å²) in [5.41, 5.74) is 6.15. The van der Waals surface area contributed by atoms with E-state index >= 15 is 0 Å². The molecular weight excluding hydrogens is 226 g/mol. The molecule has 0 heterocycles. The number of nitriles is 1. The number of rotatable bonds is 5. The zero-order valence-corrected chi connectivity index (χ0v) is 11.0. The van der Waals surface area contributed by atoms with E-state index in [0.29, 0.717) is 12.1 Å². The highest BCUT2D eigenvalue weighted by atomic mass is 16.1. The monoisotopic (exact) mass is 245 g/mol. The van der Waals surface area contributed by atoms with Crippen LogP contribution < -0.4 is 11.1 Å². The maximum Gasteiger partial charge on any atom is 0.237 e. The minimum atomic E-state index is -0.775. The summed E-state index contributed by atoms with van der Waals surface area (Å²) in [6.45, 7) is 6.11. The molecule has 0 radical (unpaired) electrons. The van der Waals surface area contributed by atoms with Crippen LogP contribution in [0.5, 0.6) is 0 Å². The van der Waals surface area contributed by atoms with Gasteiger partial charge in [0.05, 0.1) is 17.2 Å². The smallest absolute Gasteiger partial charge is 0.237 e. The van der Waals surface area contributed by atoms with Gasteiger partial charge in [-0.3, -0.25) is 10.1 Å². The summed E-state index contributed by atoms with van der Waals surface area (Å²) in [6, 6.07) is 9.45. The molecule has 0 aliphatic heterocycles. The third kappa shape index (κ3) is 2.88. The quantitative estimate of drug-likeness (QED) is 0.826. The van der Waals surface area contributed by atoms with Crippen LogP contribution in [0.1, 0.15) is 31.9 Å². The fourth-order valence-electron chi connectivity index (χ4n) is 1.64. The van der Waals surface area contributed by atoms with Crippen molar-refractivity contribution >= 4 is 5.91 Å². The highest BCUT2D eigenvalue weighted by Crippen LogP contribution is 2.17. The van der Waals surface area contributed by atoms with Crippen LogP contribution >= 0.6 is 0 Å². The normalized spacial score (nSPS) is 13.9. The number of nitrogens with two attached hydrogens (primary N) is 1. The van der Waals surface area contributed by atoms with E-state index in [4.69, 9.17) is 11.0 Å². The molecule has 0 saturated carbocycles. The fraction of sp³-hybridized carbons (Fsp3) is 0.429. The average Bonchev–Trinajstić information content (AvgIpc) is 2.35. The van der Waals surface area contributed by atoms with Crippen LogP contribution in [-0.4, -0.2) is 11.4 Å². The van der Waals surface area contributed by atoms with Crippen LogP contribution in [0.3, 0.4) is 0 Å². The van der Waals surface area contributed by atoms with Crippen molar-refractivity contribution in [3.63, 3.8) is 0 Å². The molecule has 0 fully saturated rings. The summed E-state index contributed by atoms with van der Waals surface area (Å²) in [6.07, 6.45) is 0. The van der Waals surface area contributed by atoms with Gasteiger partial charge < -0.3 is 5.73 Å². The molecule has 1 atom stereocenters. The molecule has 0 aromatic heterocycles. The van der Waals surface area contributed by atoms with E-state index in [1.807, 2.05) is 32.0 Å². The van der Waals surface area contributed by atoms with Crippen LogP contribution in [0.4, 0.5) is 0 Å². The first-order valence-corrected chi connectivity index (χ1v) is 5.94. The topological polar surface area (TPSA) is 78.9 Å². The molecule has 1 unspecified atom stereocenters. The maximum atomic E-state index is 11.5. The molecule has 0 saturated heterocycles. The number of primary amides is 1. The molecule has 0 spiro atoms. The van der Waals surface area contributed by atoms with Crippen molar-refractivity contribution in [2.45, 2.75) is 32.9 Å². The van der Waals surface area contributed by atoms with Crippen molar-refractivity contribution in [3.05, 3.63) is 35.4 Å². The molecule has 3 N–H and O–H groups in total. The Morgan fingerprint density at radius 3 is 2.61 bits per heavy atom. The van der Waals surface area contributed by atoms with E-state index in [9.17, 15) is 4.79 Å². The van der Waals surface area contributed by atoms with Crippen LogP contribution in [-0.2, 0) is 11.3 Å². The van der Waals surface area contributed by atoms with E-state index in [-0.39, 0.29) is 11.8 Å². The summed E-state index contributed by atoms with van der Waals surface area (Å²) < 4.78 is 0. The van der Waals surface area contributed by atoms with Crippen molar-refractivity contribution in [1.29, 1.82) is 5.26 Å². The van der Waals surface area contributed by atoms with Crippen molar-refractivity contribution in [2.75, 3.05) is 0 Å². The Morgan fingerprint density at radius 1 is 1.50 bits per heavy atom. The lowest BCUT2D eigenvalue weighted by atomic mass is 9.87. The van der Waals surface area contributed by atoms with Gasteiger partial charge in [-0.05, 0) is 24.5 Å². The minimum Gasteiger partial charge on any atom is -0.368 e. The Hall–Kier alpha value is -1.86. The average molecular weight is 245 g/mol. The molecule has 4 nitrogen and oxygen atoms in total. The number of hydrogen-bond donors (Lipinski definition) is 2. The predicted octanol–water partition coefficient (Wildman–Crippen LogP) is 1.55. The van der Waals surface area contributed by atoms with Crippen molar-refractivity contribution < 1.29 is 4.79 Å². The van der Waals surface area contributed by atoms with Crippen molar-refractivity contribution in [2.24, 2.45) is 11.7 Å². The lowest BCUT2D eigenvalue weighted by Crippen LogP contribution is -2.56. The highest BCUT2D eigenvalue weighted by molar-refractivity contribution is 5.84. The van der Waals surface area contributed by atoms with Gasteiger partial charge in [-0.1, -0.05) is 32.0 Å². The standard InChI is InChI=1S/C14H19N3O/c1-10(2)14(3,13(16)18)17-9-12-7-5-4-6-11(12)8-15/h4-7,10,17H,9H2,1-3H3,(H2,16,18). The second-order valence-electron chi connectivity index (χ2n) is 4.84. The molecule has 0 bridgehead atoms. The number of nitrogens with one attached hydrogen (secondary N) is 1. The Bertz CT molecular complexity index is 476. The van der Waals surface area contributed by atoms with Crippen LogP contribution in [0.15, 0.2) is 24.3 Å². The Morgan fingerprint density at radius 2 is 2.11 bits per heavy atom. The summed E-state index contributed by atoms with van der Waals surface area (Å²) in [5, 5.41) is 12.2. The van der Waals surface area contributed by atoms with Crippen molar-refractivity contribution in [1.82, 2.24) is 5.32 Å². The van der Waals surface area contributed by atoms with E-state index in [2.05, 4.69) is 11.4 Å². The molecule has 0 aliphatic carbocycles. The van der Waals surface area contributed by atoms with Gasteiger partial charge in [-0.2, -0.15) is 5.26 Å².